The van der Waals surface area contributed by atoms with Crippen LogP contribution in [0.5, 0.6) is 0 Å². The normalized spacial score (nSPS) is 7.55. The summed E-state index contributed by atoms with van der Waals surface area (Å²) in [6, 6.07) is 0. The molecule has 0 amide bonds. The van der Waals surface area contributed by atoms with Crippen LogP contribution in [0.2, 0.25) is 0 Å². The third-order valence-electron chi connectivity index (χ3n) is 0. The first-order valence-corrected chi connectivity index (χ1v) is 3.00. The Morgan fingerprint density at radius 1 is 1.09 bits per heavy atom. The van der Waals surface area contributed by atoms with Gasteiger partial charge in [0.05, 0.1) is 0 Å². The second-order valence-corrected chi connectivity index (χ2v) is 1.82. The zero-order valence-corrected chi connectivity index (χ0v) is 4.89. The minimum Gasteiger partial charge on any atom is 0.316 e. The van der Waals surface area contributed by atoms with Crippen LogP contribution in [0.4, 0.5) is 4.79 Å². The number of hydrogen-bond acceptors (Lipinski definition) is 2. The van der Waals surface area contributed by atoms with Crippen LogP contribution >= 0.6 is 7.82 Å². The summed E-state index contributed by atoms with van der Waals surface area (Å²) in [6.07, 6.45) is -1.83. The minimum absolute atomic E-state index is 0. The zero-order valence-electron chi connectivity index (χ0n) is 4.00. The van der Waals surface area contributed by atoms with E-state index < -0.39 is 14.0 Å². The third-order valence-corrected chi connectivity index (χ3v) is 0. The molecule has 0 spiro atoms. The Kier molecular flexibility index (Phi) is 23.7. The molecule has 0 aliphatic heterocycles. The Morgan fingerprint density at radius 3 is 1.09 bits per heavy atom. The summed E-state index contributed by atoms with van der Waals surface area (Å²) in [4.78, 5) is 30.1. The van der Waals surface area contributed by atoms with Gasteiger partial charge in [-0.05, 0) is 0 Å². The van der Waals surface area contributed by atoms with Crippen molar-refractivity contribution in [3.8, 4) is 0 Å². The van der Waals surface area contributed by atoms with Gasteiger partial charge in [0.15, 0.2) is 0 Å². The molecule has 0 radical (unpaired) electrons. The maximum Gasteiger partial charge on any atom is 0.316 e. The molecule has 7 nitrogen and oxygen atoms in total. The molecule has 0 rings (SSSR count). The zero-order chi connectivity index (χ0) is 8.08. The summed E-state index contributed by atoms with van der Waals surface area (Å²) in [5.74, 6) is 0. The largest absolute Gasteiger partial charge is 0.316 e. The molecule has 0 aromatic rings. The summed E-state index contributed by atoms with van der Waals surface area (Å²) in [5.41, 5.74) is 0. The van der Waals surface area contributed by atoms with E-state index >= 15 is 0 Å². The first kappa shape index (κ1) is 22.8. The van der Waals surface area contributed by atoms with Crippen LogP contribution in [0.1, 0.15) is 0 Å². The van der Waals surface area contributed by atoms with Crippen molar-refractivity contribution in [1.29, 1.82) is 0 Å². The predicted octanol–water partition coefficient (Wildman–Crippen LogP) is -2.54. The van der Waals surface area contributed by atoms with Crippen LogP contribution in [-0.2, 0) is 4.57 Å². The fourth-order valence-electron chi connectivity index (χ4n) is 0. The van der Waals surface area contributed by atoms with Crippen molar-refractivity contribution < 1.29 is 34.3 Å². The molecule has 5 N–H and O–H groups in total. The van der Waals surface area contributed by atoms with Gasteiger partial charge in [-0.2, -0.15) is 0 Å². The molecular formula is CH9CaMgO7P. The monoisotopic (exact) mass is 228 g/mol. The van der Waals surface area contributed by atoms with Crippen LogP contribution in [0, 0.1) is 0 Å². The molecule has 0 aromatic carbocycles. The number of carboxylic acid groups (broad SMARTS) is 2. The van der Waals surface area contributed by atoms with E-state index in [-0.39, 0.29) is 60.8 Å². The van der Waals surface area contributed by atoms with Crippen molar-refractivity contribution in [2.24, 2.45) is 0 Å². The van der Waals surface area contributed by atoms with E-state index in [9.17, 15) is 0 Å². The molecule has 0 saturated heterocycles. The second kappa shape index (κ2) is 11.4. The van der Waals surface area contributed by atoms with E-state index in [1.165, 1.54) is 0 Å². The van der Waals surface area contributed by atoms with E-state index in [0.29, 0.717) is 0 Å². The van der Waals surface area contributed by atoms with Gasteiger partial charge in [0.25, 0.3) is 0 Å². The molecule has 0 heterocycles. The average molecular weight is 228 g/mol. The summed E-state index contributed by atoms with van der Waals surface area (Å²) < 4.78 is 8.88. The number of rotatable bonds is 0. The Bertz CT molecular complexity index is 118. The Morgan fingerprint density at radius 2 is 1.09 bits per heavy atom. The fraction of sp³-hybridized carbons (Fsp3) is 0. The van der Waals surface area contributed by atoms with Crippen LogP contribution in [0.3, 0.4) is 0 Å². The number of hydrogen-bond donors (Lipinski definition) is 5. The van der Waals surface area contributed by atoms with Gasteiger partial charge >= 0.3 is 74.8 Å². The molecule has 0 bridgehead atoms. The summed E-state index contributed by atoms with van der Waals surface area (Å²) >= 11 is 0. The predicted molar refractivity (Wildman–Crippen MR) is 42.0 cm³/mol. The Labute approximate surface area is 108 Å². The maximum absolute atomic E-state index is 8.88. The topological polar surface area (TPSA) is 135 Å². The molecule has 64 valence electrons. The fourth-order valence-corrected chi connectivity index (χ4v) is 0. The quantitative estimate of drug-likeness (QED) is 0.228. The Hall–Kier alpha value is 1.41. The van der Waals surface area contributed by atoms with Crippen LogP contribution in [0.15, 0.2) is 0 Å². The maximum atomic E-state index is 8.88. The number of phosphoric acid groups is 1. The van der Waals surface area contributed by atoms with E-state index in [2.05, 4.69) is 0 Å². The Balaban J connectivity index is -0.0000000383. The van der Waals surface area contributed by atoms with Crippen LogP contribution in [-0.4, -0.2) is 91.8 Å². The van der Waals surface area contributed by atoms with E-state index in [1.54, 1.807) is 0 Å². The molecule has 0 unspecified atom stereocenters. The van der Waals surface area contributed by atoms with Crippen molar-refractivity contribution in [2.75, 3.05) is 0 Å². The SMILES string of the molecule is O=C(O)O.O=P(O)(O)O.[CaH2].[MgH2]. The van der Waals surface area contributed by atoms with Gasteiger partial charge in [0.2, 0.25) is 0 Å². The molecule has 0 fully saturated rings. The van der Waals surface area contributed by atoms with Gasteiger partial charge in [-0.15, -0.1) is 0 Å². The van der Waals surface area contributed by atoms with Gasteiger partial charge < -0.3 is 24.9 Å². The number of carbonyl (C=O) groups is 1. The van der Waals surface area contributed by atoms with Crippen LogP contribution < -0.4 is 0 Å². The molecule has 0 atom stereocenters. The summed E-state index contributed by atoms with van der Waals surface area (Å²) in [5, 5.41) is 13.9. The van der Waals surface area contributed by atoms with Crippen molar-refractivity contribution >= 4 is 74.8 Å². The van der Waals surface area contributed by atoms with Crippen molar-refractivity contribution in [3.63, 3.8) is 0 Å². The van der Waals surface area contributed by atoms with Crippen molar-refractivity contribution in [1.82, 2.24) is 0 Å². The standard InChI is InChI=1S/CH2O3.Ca.Mg.H3O4P.4H/c2-1(3)4;;;1-5(2,3)4;;;;/h(H2,2,3,4);;;(H3,1,2,3,4);;;;. The molecule has 0 aliphatic carbocycles. The van der Waals surface area contributed by atoms with E-state index in [4.69, 9.17) is 34.3 Å². The summed E-state index contributed by atoms with van der Waals surface area (Å²) in [6.45, 7) is 0. The molecular weight excluding hydrogens is 219 g/mol. The van der Waals surface area contributed by atoms with Gasteiger partial charge in [-0.25, -0.2) is 9.36 Å². The smallest absolute Gasteiger partial charge is 0.316 e. The first-order valence-electron chi connectivity index (χ1n) is 1.43. The first-order chi connectivity index (χ1) is 3.73. The summed E-state index contributed by atoms with van der Waals surface area (Å²) in [7, 11) is -4.64. The van der Waals surface area contributed by atoms with Gasteiger partial charge in [-0.1, -0.05) is 0 Å². The minimum atomic E-state index is -4.64. The van der Waals surface area contributed by atoms with Crippen molar-refractivity contribution in [3.05, 3.63) is 0 Å². The van der Waals surface area contributed by atoms with E-state index in [0.717, 1.165) is 0 Å². The molecule has 0 aromatic heterocycles. The van der Waals surface area contributed by atoms with Crippen molar-refractivity contribution in [2.45, 2.75) is 0 Å². The average Bonchev–Trinajstić information content (AvgIpc) is 1.19. The van der Waals surface area contributed by atoms with Gasteiger partial charge in [-0.3, -0.25) is 0 Å². The molecule has 0 saturated carbocycles. The molecule has 10 heteroatoms. The third kappa shape index (κ3) is 510. The second-order valence-electron chi connectivity index (χ2n) is 0.796. The van der Waals surface area contributed by atoms with E-state index in [1.807, 2.05) is 0 Å². The molecule has 0 aliphatic rings. The van der Waals surface area contributed by atoms with Crippen LogP contribution in [0.25, 0.3) is 0 Å². The van der Waals surface area contributed by atoms with Gasteiger partial charge in [0, 0.05) is 0 Å². The molecule has 11 heavy (non-hydrogen) atoms. The van der Waals surface area contributed by atoms with Gasteiger partial charge in [0.1, 0.15) is 0 Å².